The monoisotopic (exact) mass is 261 g/mol. The summed E-state index contributed by atoms with van der Waals surface area (Å²) in [5.74, 6) is -0.753. The first-order valence-electron chi connectivity index (χ1n) is 6.10. The third-order valence-electron chi connectivity index (χ3n) is 2.78. The van der Waals surface area contributed by atoms with Crippen LogP contribution in [0.1, 0.15) is 13.3 Å². The van der Waals surface area contributed by atoms with Crippen molar-refractivity contribution in [3.05, 3.63) is 40.7 Å². The minimum absolute atomic E-state index is 0.180. The Balaban J connectivity index is 2.57. The molecule has 0 saturated heterocycles. The van der Waals surface area contributed by atoms with Gasteiger partial charge in [0.05, 0.1) is 5.52 Å². The van der Waals surface area contributed by atoms with E-state index in [4.69, 9.17) is 9.84 Å². The van der Waals surface area contributed by atoms with Gasteiger partial charge in [0.2, 0.25) is 0 Å². The summed E-state index contributed by atoms with van der Waals surface area (Å²) in [7, 11) is 0. The van der Waals surface area contributed by atoms with E-state index in [0.29, 0.717) is 12.3 Å². The Labute approximate surface area is 110 Å². The highest BCUT2D eigenvalue weighted by Crippen LogP contribution is 2.23. The number of aryl methyl sites for hydroxylation is 1. The van der Waals surface area contributed by atoms with Crippen LogP contribution >= 0.6 is 0 Å². The Morgan fingerprint density at radius 1 is 1.37 bits per heavy atom. The molecule has 0 aliphatic carbocycles. The number of aromatic nitrogens is 1. The fourth-order valence-electron chi connectivity index (χ4n) is 2.02. The lowest BCUT2D eigenvalue weighted by atomic mass is 10.2. The van der Waals surface area contributed by atoms with Gasteiger partial charge in [0.15, 0.2) is 6.61 Å². The largest absolute Gasteiger partial charge is 0.481 e. The maximum Gasteiger partial charge on any atom is 0.341 e. The maximum atomic E-state index is 12.0. The van der Waals surface area contributed by atoms with E-state index in [1.807, 2.05) is 31.2 Å². The summed E-state index contributed by atoms with van der Waals surface area (Å²) < 4.78 is 6.85. The van der Waals surface area contributed by atoms with Gasteiger partial charge in [-0.1, -0.05) is 19.1 Å². The SMILES string of the molecule is CCCn1c(=O)cc(OCC(=O)O)c2ccccc21. The molecule has 100 valence electrons. The third kappa shape index (κ3) is 2.76. The van der Waals surface area contributed by atoms with Crippen molar-refractivity contribution >= 4 is 16.9 Å². The second kappa shape index (κ2) is 5.56. The Morgan fingerprint density at radius 3 is 2.79 bits per heavy atom. The molecule has 0 amide bonds. The van der Waals surface area contributed by atoms with Gasteiger partial charge in [-0.05, 0) is 18.6 Å². The van der Waals surface area contributed by atoms with Crippen molar-refractivity contribution in [2.45, 2.75) is 19.9 Å². The number of nitrogens with zero attached hydrogens (tertiary/aromatic N) is 1. The topological polar surface area (TPSA) is 68.5 Å². The fraction of sp³-hybridized carbons (Fsp3) is 0.286. The average molecular weight is 261 g/mol. The van der Waals surface area contributed by atoms with Crippen molar-refractivity contribution in [3.63, 3.8) is 0 Å². The molecule has 2 rings (SSSR count). The molecule has 1 heterocycles. The van der Waals surface area contributed by atoms with Crippen molar-refractivity contribution in [2.75, 3.05) is 6.61 Å². The number of carboxylic acids is 1. The zero-order valence-corrected chi connectivity index (χ0v) is 10.6. The molecule has 1 aromatic carbocycles. The van der Waals surface area contributed by atoms with E-state index >= 15 is 0 Å². The molecule has 5 nitrogen and oxygen atoms in total. The first kappa shape index (κ1) is 13.1. The fourth-order valence-corrected chi connectivity index (χ4v) is 2.02. The molecule has 1 aromatic heterocycles. The second-order valence-corrected chi connectivity index (χ2v) is 4.20. The number of carbonyl (C=O) groups is 1. The van der Waals surface area contributed by atoms with Crippen molar-refractivity contribution in [1.82, 2.24) is 4.57 Å². The number of hydrogen-bond acceptors (Lipinski definition) is 3. The standard InChI is InChI=1S/C14H15NO4/c1-2-7-15-11-6-4-3-5-10(11)12(8-13(15)16)19-9-14(17)18/h3-6,8H,2,7,9H2,1H3,(H,17,18). The summed E-state index contributed by atoms with van der Waals surface area (Å²) in [6, 6.07) is 8.67. The van der Waals surface area contributed by atoms with Gasteiger partial charge in [0, 0.05) is 18.0 Å². The van der Waals surface area contributed by atoms with Gasteiger partial charge in [-0.15, -0.1) is 0 Å². The second-order valence-electron chi connectivity index (χ2n) is 4.20. The molecule has 1 N–H and O–H groups in total. The van der Waals surface area contributed by atoms with Crippen LogP contribution < -0.4 is 10.3 Å². The zero-order valence-electron chi connectivity index (χ0n) is 10.6. The van der Waals surface area contributed by atoms with E-state index in [0.717, 1.165) is 17.3 Å². The van der Waals surface area contributed by atoms with Gasteiger partial charge in [-0.25, -0.2) is 4.79 Å². The van der Waals surface area contributed by atoms with Crippen LogP contribution in [0.5, 0.6) is 5.75 Å². The van der Waals surface area contributed by atoms with E-state index in [1.54, 1.807) is 4.57 Å². The lowest BCUT2D eigenvalue weighted by Gasteiger charge is -2.12. The minimum Gasteiger partial charge on any atom is -0.481 e. The number of carboxylic acid groups (broad SMARTS) is 1. The Kier molecular flexibility index (Phi) is 3.85. The number of rotatable bonds is 5. The Hall–Kier alpha value is -2.30. The van der Waals surface area contributed by atoms with E-state index < -0.39 is 12.6 Å². The molecule has 0 aliphatic rings. The summed E-state index contributed by atoms with van der Waals surface area (Å²) >= 11 is 0. The molecule has 0 fully saturated rings. The number of pyridine rings is 1. The normalized spacial score (nSPS) is 10.6. The molecule has 19 heavy (non-hydrogen) atoms. The van der Waals surface area contributed by atoms with Crippen molar-refractivity contribution in [1.29, 1.82) is 0 Å². The molecule has 0 radical (unpaired) electrons. The van der Waals surface area contributed by atoms with Crippen molar-refractivity contribution in [3.8, 4) is 5.75 Å². The number of ether oxygens (including phenoxy) is 1. The summed E-state index contributed by atoms with van der Waals surface area (Å²) in [5.41, 5.74) is 0.582. The molecule has 0 bridgehead atoms. The van der Waals surface area contributed by atoms with Gasteiger partial charge in [0.1, 0.15) is 5.75 Å². The van der Waals surface area contributed by atoms with Crippen LogP contribution in [0, 0.1) is 0 Å². The predicted molar refractivity (Wildman–Crippen MR) is 71.6 cm³/mol. The molecule has 0 unspecified atom stereocenters. The van der Waals surface area contributed by atoms with Crippen LogP contribution in [0.15, 0.2) is 35.1 Å². The van der Waals surface area contributed by atoms with Crippen LogP contribution in [0.4, 0.5) is 0 Å². The van der Waals surface area contributed by atoms with Crippen LogP contribution in [-0.2, 0) is 11.3 Å². The lowest BCUT2D eigenvalue weighted by molar-refractivity contribution is -0.139. The molecule has 0 aliphatic heterocycles. The maximum absolute atomic E-state index is 12.0. The number of benzene rings is 1. The molecule has 2 aromatic rings. The highest BCUT2D eigenvalue weighted by atomic mass is 16.5. The first-order valence-corrected chi connectivity index (χ1v) is 6.10. The summed E-state index contributed by atoms with van der Waals surface area (Å²) in [6.45, 7) is 2.16. The number of hydrogen-bond donors (Lipinski definition) is 1. The van der Waals surface area contributed by atoms with Crippen molar-refractivity contribution < 1.29 is 14.6 Å². The van der Waals surface area contributed by atoms with Crippen LogP contribution in [0.2, 0.25) is 0 Å². The Morgan fingerprint density at radius 2 is 2.11 bits per heavy atom. The molecular weight excluding hydrogens is 246 g/mol. The van der Waals surface area contributed by atoms with Gasteiger partial charge in [0.25, 0.3) is 5.56 Å². The highest BCUT2D eigenvalue weighted by Gasteiger charge is 2.10. The Bertz CT molecular complexity index is 660. The molecule has 5 heteroatoms. The highest BCUT2D eigenvalue weighted by molar-refractivity contribution is 5.85. The van der Waals surface area contributed by atoms with Crippen LogP contribution in [0.25, 0.3) is 10.9 Å². The van der Waals surface area contributed by atoms with Gasteiger partial charge >= 0.3 is 5.97 Å². The van der Waals surface area contributed by atoms with E-state index in [-0.39, 0.29) is 5.56 Å². The minimum atomic E-state index is -1.07. The summed E-state index contributed by atoms with van der Waals surface area (Å²) in [6.07, 6.45) is 0.846. The summed E-state index contributed by atoms with van der Waals surface area (Å²) in [4.78, 5) is 22.6. The smallest absolute Gasteiger partial charge is 0.341 e. The molecular formula is C14H15NO4. The number of aliphatic carboxylic acids is 1. The van der Waals surface area contributed by atoms with Gasteiger partial charge in [-0.2, -0.15) is 0 Å². The van der Waals surface area contributed by atoms with Crippen LogP contribution in [0.3, 0.4) is 0 Å². The van der Waals surface area contributed by atoms with Gasteiger partial charge < -0.3 is 14.4 Å². The average Bonchev–Trinajstić information content (AvgIpc) is 2.40. The number of fused-ring (bicyclic) bond motifs is 1. The van der Waals surface area contributed by atoms with Crippen LogP contribution in [-0.4, -0.2) is 22.2 Å². The zero-order chi connectivity index (χ0) is 13.8. The van der Waals surface area contributed by atoms with Gasteiger partial charge in [-0.3, -0.25) is 4.79 Å². The number of para-hydroxylation sites is 1. The first-order chi connectivity index (χ1) is 9.13. The van der Waals surface area contributed by atoms with E-state index in [1.165, 1.54) is 6.07 Å². The van der Waals surface area contributed by atoms with Crippen molar-refractivity contribution in [2.24, 2.45) is 0 Å². The quantitative estimate of drug-likeness (QED) is 0.892. The molecule has 0 atom stereocenters. The molecule has 0 spiro atoms. The lowest BCUT2D eigenvalue weighted by Crippen LogP contribution is -2.21. The molecule has 0 saturated carbocycles. The third-order valence-corrected chi connectivity index (χ3v) is 2.78. The summed E-state index contributed by atoms with van der Waals surface area (Å²) in [5, 5.41) is 9.39. The van der Waals surface area contributed by atoms with E-state index in [2.05, 4.69) is 0 Å². The van der Waals surface area contributed by atoms with E-state index in [9.17, 15) is 9.59 Å². The predicted octanol–water partition coefficient (Wildman–Crippen LogP) is 1.87.